The zero-order valence-corrected chi connectivity index (χ0v) is 10.7. The fraction of sp³-hybridized carbons (Fsp3) is 0.462. The van der Waals surface area contributed by atoms with E-state index in [-0.39, 0.29) is 11.8 Å². The molecule has 0 spiro atoms. The van der Waals surface area contributed by atoms with Gasteiger partial charge in [-0.3, -0.25) is 14.9 Å². The Morgan fingerprint density at radius 2 is 2.32 bits per heavy atom. The number of nitro groups is 1. The molecule has 1 unspecified atom stereocenters. The monoisotopic (exact) mass is 264 g/mol. The van der Waals surface area contributed by atoms with Crippen molar-refractivity contribution >= 4 is 17.7 Å². The molecule has 0 aromatic heterocycles. The van der Waals surface area contributed by atoms with Crippen LogP contribution in [0.4, 0.5) is 11.4 Å². The van der Waals surface area contributed by atoms with E-state index in [1.165, 1.54) is 12.1 Å². The maximum Gasteiger partial charge on any atom is 0.270 e. The van der Waals surface area contributed by atoms with Gasteiger partial charge in [0.15, 0.2) is 6.29 Å². The van der Waals surface area contributed by atoms with Gasteiger partial charge < -0.3 is 9.64 Å². The van der Waals surface area contributed by atoms with Crippen molar-refractivity contribution in [3.05, 3.63) is 33.9 Å². The minimum atomic E-state index is -0.495. The molecule has 0 aliphatic carbocycles. The molecule has 0 N–H and O–H groups in total. The first kappa shape index (κ1) is 13.5. The van der Waals surface area contributed by atoms with Crippen LogP contribution in [-0.4, -0.2) is 37.0 Å². The van der Waals surface area contributed by atoms with Crippen LogP contribution >= 0.6 is 0 Å². The molecule has 1 fully saturated rings. The number of benzene rings is 1. The summed E-state index contributed by atoms with van der Waals surface area (Å²) >= 11 is 0. The highest BCUT2D eigenvalue weighted by Crippen LogP contribution is 2.25. The molecule has 1 aromatic carbocycles. The quantitative estimate of drug-likeness (QED) is 0.474. The van der Waals surface area contributed by atoms with Crippen molar-refractivity contribution in [3.8, 4) is 0 Å². The topological polar surface area (TPSA) is 72.7 Å². The van der Waals surface area contributed by atoms with Crippen LogP contribution in [0.15, 0.2) is 18.2 Å². The van der Waals surface area contributed by atoms with Crippen LogP contribution < -0.4 is 4.90 Å². The number of anilines is 1. The number of hydrogen-bond donors (Lipinski definition) is 0. The number of hydrogen-bond acceptors (Lipinski definition) is 5. The summed E-state index contributed by atoms with van der Waals surface area (Å²) < 4.78 is 5.55. The molecular formula is C13H16N2O4. The van der Waals surface area contributed by atoms with E-state index in [0.29, 0.717) is 25.0 Å². The summed E-state index contributed by atoms with van der Waals surface area (Å²) in [4.78, 5) is 23.4. The number of carbonyl (C=O) groups excluding carboxylic acids is 1. The van der Waals surface area contributed by atoms with Gasteiger partial charge in [0.2, 0.25) is 0 Å². The summed E-state index contributed by atoms with van der Waals surface area (Å²) in [6, 6.07) is 4.39. The minimum Gasteiger partial charge on any atom is -0.377 e. The van der Waals surface area contributed by atoms with E-state index in [4.69, 9.17) is 4.74 Å². The van der Waals surface area contributed by atoms with Gasteiger partial charge in [0.1, 0.15) is 0 Å². The summed E-state index contributed by atoms with van der Waals surface area (Å²) in [5.74, 6) is 0. The number of nitrogens with zero attached hydrogens (tertiary/aromatic N) is 2. The molecule has 0 radical (unpaired) electrons. The van der Waals surface area contributed by atoms with Crippen LogP contribution in [0.3, 0.4) is 0 Å². The van der Waals surface area contributed by atoms with E-state index in [1.807, 2.05) is 11.8 Å². The standard InChI is InChI=1S/C13H16N2O4/c1-10-8-14(5-2-6-19-10)13-4-3-12(15(17)18)7-11(13)9-16/h3-4,7,9-10H,2,5-6,8H2,1H3. The van der Waals surface area contributed by atoms with Gasteiger partial charge in [-0.25, -0.2) is 0 Å². The molecule has 1 aromatic rings. The molecule has 6 nitrogen and oxygen atoms in total. The van der Waals surface area contributed by atoms with Crippen molar-refractivity contribution in [2.45, 2.75) is 19.4 Å². The zero-order valence-electron chi connectivity index (χ0n) is 10.7. The summed E-state index contributed by atoms with van der Waals surface area (Å²) in [5.41, 5.74) is 1.02. The normalized spacial score (nSPS) is 19.8. The van der Waals surface area contributed by atoms with Crippen LogP contribution in [0.5, 0.6) is 0 Å². The first-order valence-electron chi connectivity index (χ1n) is 6.22. The molecule has 0 amide bonds. The van der Waals surface area contributed by atoms with Gasteiger partial charge in [-0.05, 0) is 19.4 Å². The van der Waals surface area contributed by atoms with Crippen LogP contribution in [0, 0.1) is 10.1 Å². The molecule has 19 heavy (non-hydrogen) atoms. The molecule has 1 atom stereocenters. The lowest BCUT2D eigenvalue weighted by molar-refractivity contribution is -0.384. The van der Waals surface area contributed by atoms with E-state index in [2.05, 4.69) is 0 Å². The van der Waals surface area contributed by atoms with E-state index < -0.39 is 4.92 Å². The molecule has 2 rings (SSSR count). The fourth-order valence-electron chi connectivity index (χ4n) is 2.25. The predicted octanol–water partition coefficient (Wildman–Crippen LogP) is 2.02. The third-order valence-electron chi connectivity index (χ3n) is 3.14. The molecule has 1 aliphatic rings. The molecule has 6 heteroatoms. The predicted molar refractivity (Wildman–Crippen MR) is 70.7 cm³/mol. The third-order valence-corrected chi connectivity index (χ3v) is 3.14. The van der Waals surface area contributed by atoms with Crippen molar-refractivity contribution < 1.29 is 14.5 Å². The van der Waals surface area contributed by atoms with E-state index >= 15 is 0 Å². The van der Waals surface area contributed by atoms with E-state index in [1.54, 1.807) is 6.07 Å². The first-order chi connectivity index (χ1) is 9.11. The molecule has 1 saturated heterocycles. The number of ether oxygens (including phenoxy) is 1. The van der Waals surface area contributed by atoms with Gasteiger partial charge in [-0.1, -0.05) is 0 Å². The molecule has 0 saturated carbocycles. The SMILES string of the molecule is CC1CN(c2ccc([N+](=O)[O-])cc2C=O)CCCO1. The van der Waals surface area contributed by atoms with E-state index in [9.17, 15) is 14.9 Å². The Balaban J connectivity index is 2.32. The number of non-ortho nitro benzene ring substituents is 1. The van der Waals surface area contributed by atoms with E-state index in [0.717, 1.165) is 18.7 Å². The molecule has 1 heterocycles. The van der Waals surface area contributed by atoms with Crippen molar-refractivity contribution in [2.24, 2.45) is 0 Å². The number of rotatable bonds is 3. The first-order valence-corrected chi connectivity index (χ1v) is 6.22. The smallest absolute Gasteiger partial charge is 0.270 e. The highest BCUT2D eigenvalue weighted by molar-refractivity contribution is 5.86. The van der Waals surface area contributed by atoms with Crippen molar-refractivity contribution in [1.29, 1.82) is 0 Å². The highest BCUT2D eigenvalue weighted by Gasteiger charge is 2.19. The Kier molecular flexibility index (Phi) is 4.11. The van der Waals surface area contributed by atoms with Crippen LogP contribution in [0.1, 0.15) is 23.7 Å². The van der Waals surface area contributed by atoms with Gasteiger partial charge in [-0.2, -0.15) is 0 Å². The average Bonchev–Trinajstić information content (AvgIpc) is 2.62. The molecule has 102 valence electrons. The Hall–Kier alpha value is -1.95. The average molecular weight is 264 g/mol. The zero-order chi connectivity index (χ0) is 13.8. The number of nitro benzene ring substituents is 1. The maximum atomic E-state index is 11.1. The Labute approximate surface area is 111 Å². The Bertz CT molecular complexity index is 490. The van der Waals surface area contributed by atoms with Gasteiger partial charge in [0.05, 0.1) is 11.0 Å². The van der Waals surface area contributed by atoms with Crippen molar-refractivity contribution in [2.75, 3.05) is 24.6 Å². The third kappa shape index (κ3) is 3.08. The molecule has 1 aliphatic heterocycles. The van der Waals surface area contributed by atoms with Gasteiger partial charge >= 0.3 is 0 Å². The summed E-state index contributed by atoms with van der Waals surface area (Å²) in [6.45, 7) is 4.13. The fourth-order valence-corrected chi connectivity index (χ4v) is 2.25. The second kappa shape index (κ2) is 5.79. The minimum absolute atomic E-state index is 0.0648. The van der Waals surface area contributed by atoms with Crippen LogP contribution in [0.2, 0.25) is 0 Å². The lowest BCUT2D eigenvalue weighted by Crippen LogP contribution is -2.30. The molecular weight excluding hydrogens is 248 g/mol. The molecule has 0 bridgehead atoms. The van der Waals surface area contributed by atoms with Gasteiger partial charge in [0, 0.05) is 43.1 Å². The summed E-state index contributed by atoms with van der Waals surface area (Å²) in [5, 5.41) is 10.7. The Morgan fingerprint density at radius 1 is 1.53 bits per heavy atom. The largest absolute Gasteiger partial charge is 0.377 e. The van der Waals surface area contributed by atoms with Crippen molar-refractivity contribution in [1.82, 2.24) is 0 Å². The second-order valence-electron chi connectivity index (χ2n) is 4.60. The van der Waals surface area contributed by atoms with Crippen molar-refractivity contribution in [3.63, 3.8) is 0 Å². The van der Waals surface area contributed by atoms with Crippen LogP contribution in [-0.2, 0) is 4.74 Å². The second-order valence-corrected chi connectivity index (χ2v) is 4.60. The number of aldehydes is 1. The summed E-state index contributed by atoms with van der Waals surface area (Å²) in [6.07, 6.45) is 1.62. The maximum absolute atomic E-state index is 11.1. The van der Waals surface area contributed by atoms with Gasteiger partial charge in [-0.15, -0.1) is 0 Å². The summed E-state index contributed by atoms with van der Waals surface area (Å²) in [7, 11) is 0. The van der Waals surface area contributed by atoms with Crippen LogP contribution in [0.25, 0.3) is 0 Å². The Morgan fingerprint density at radius 3 is 3.00 bits per heavy atom. The number of carbonyl (C=O) groups is 1. The highest BCUT2D eigenvalue weighted by atomic mass is 16.6. The lowest BCUT2D eigenvalue weighted by Gasteiger charge is -2.25. The lowest BCUT2D eigenvalue weighted by atomic mass is 10.1. The van der Waals surface area contributed by atoms with Gasteiger partial charge in [0.25, 0.3) is 5.69 Å².